The van der Waals surface area contributed by atoms with Crippen molar-refractivity contribution in [3.05, 3.63) is 41.5 Å². The van der Waals surface area contributed by atoms with Gasteiger partial charge in [0.15, 0.2) is 11.8 Å². The molecule has 0 bridgehead atoms. The van der Waals surface area contributed by atoms with Crippen LogP contribution >= 0.6 is 24.0 Å². The molecule has 2 heterocycles. The fourth-order valence-electron chi connectivity index (χ4n) is 3.48. The van der Waals surface area contributed by atoms with E-state index in [9.17, 15) is 0 Å². The van der Waals surface area contributed by atoms with Gasteiger partial charge in [0.2, 0.25) is 0 Å². The molecular weight excluding hydrogens is 523 g/mol. The minimum absolute atomic E-state index is 0. The number of ether oxygens (including phenoxy) is 3. The predicted octanol–water partition coefficient (Wildman–Crippen LogP) is 2.53. The SMILES string of the molecule is CCNC(=NCc1cccc(OCCCOC)c1)NC1CCc2nc(COC)nn2C1.I. The molecule has 0 spiro atoms. The van der Waals surface area contributed by atoms with Crippen molar-refractivity contribution in [2.24, 2.45) is 4.99 Å². The average molecular weight is 558 g/mol. The second-order valence-corrected chi connectivity index (χ2v) is 7.48. The van der Waals surface area contributed by atoms with E-state index >= 15 is 0 Å². The van der Waals surface area contributed by atoms with E-state index in [4.69, 9.17) is 19.2 Å². The van der Waals surface area contributed by atoms with Gasteiger partial charge in [0.1, 0.15) is 18.2 Å². The highest BCUT2D eigenvalue weighted by Gasteiger charge is 2.22. The Morgan fingerprint density at radius 3 is 2.91 bits per heavy atom. The van der Waals surface area contributed by atoms with Crippen molar-refractivity contribution in [3.63, 3.8) is 0 Å². The van der Waals surface area contributed by atoms with Gasteiger partial charge in [-0.1, -0.05) is 12.1 Å². The first kappa shape index (κ1) is 26.3. The Kier molecular flexibility index (Phi) is 11.7. The van der Waals surface area contributed by atoms with Crippen molar-refractivity contribution in [1.29, 1.82) is 0 Å². The molecule has 1 aromatic carbocycles. The summed E-state index contributed by atoms with van der Waals surface area (Å²) in [6, 6.07) is 8.33. The molecule has 32 heavy (non-hydrogen) atoms. The standard InChI is InChI=1S/C22H34N6O3.HI/c1-4-23-22(24-14-17-7-5-8-19(13-17)31-12-6-11-29-2)25-18-9-10-21-26-20(16-30-3)27-28(21)15-18;/h5,7-8,13,18H,4,6,9-12,14-16H2,1-3H3,(H2,23,24,25);1H. The molecule has 1 unspecified atom stereocenters. The van der Waals surface area contributed by atoms with Crippen molar-refractivity contribution < 1.29 is 14.2 Å². The average Bonchev–Trinajstić information content (AvgIpc) is 3.17. The number of methoxy groups -OCH3 is 2. The minimum Gasteiger partial charge on any atom is -0.493 e. The van der Waals surface area contributed by atoms with E-state index in [2.05, 4.69) is 33.7 Å². The Labute approximate surface area is 207 Å². The highest BCUT2D eigenvalue weighted by atomic mass is 127. The van der Waals surface area contributed by atoms with E-state index in [-0.39, 0.29) is 30.0 Å². The lowest BCUT2D eigenvalue weighted by Crippen LogP contribution is -2.47. The third kappa shape index (κ3) is 8.21. The number of aryl methyl sites for hydroxylation is 1. The number of fused-ring (bicyclic) bond motifs is 1. The van der Waals surface area contributed by atoms with Crippen LogP contribution in [0.25, 0.3) is 0 Å². The van der Waals surface area contributed by atoms with Crippen LogP contribution < -0.4 is 15.4 Å². The quantitative estimate of drug-likeness (QED) is 0.190. The predicted molar refractivity (Wildman–Crippen MR) is 135 cm³/mol. The summed E-state index contributed by atoms with van der Waals surface area (Å²) in [5.74, 6) is 3.43. The normalized spacial score (nSPS) is 15.6. The van der Waals surface area contributed by atoms with E-state index in [0.717, 1.165) is 61.3 Å². The topological polar surface area (TPSA) is 94.8 Å². The highest BCUT2D eigenvalue weighted by molar-refractivity contribution is 14.0. The van der Waals surface area contributed by atoms with Gasteiger partial charge >= 0.3 is 0 Å². The second-order valence-electron chi connectivity index (χ2n) is 7.48. The van der Waals surface area contributed by atoms with Crippen LogP contribution in [-0.2, 0) is 35.6 Å². The Hall–Kier alpha value is -1.92. The lowest BCUT2D eigenvalue weighted by Gasteiger charge is -2.25. The van der Waals surface area contributed by atoms with E-state index in [1.807, 2.05) is 22.9 Å². The van der Waals surface area contributed by atoms with Gasteiger partial charge in [-0.3, -0.25) is 0 Å². The van der Waals surface area contributed by atoms with E-state index < -0.39 is 0 Å². The largest absolute Gasteiger partial charge is 0.493 e. The summed E-state index contributed by atoms with van der Waals surface area (Å²) in [6.07, 6.45) is 2.74. The molecular formula is C22H35IN6O3. The molecule has 2 aromatic rings. The zero-order valence-corrected chi connectivity index (χ0v) is 21.5. The van der Waals surface area contributed by atoms with Crippen LogP contribution in [0, 0.1) is 0 Å². The summed E-state index contributed by atoms with van der Waals surface area (Å²) in [5.41, 5.74) is 1.10. The zero-order valence-electron chi connectivity index (χ0n) is 19.2. The molecule has 0 aliphatic carbocycles. The Morgan fingerprint density at radius 2 is 2.12 bits per heavy atom. The maximum Gasteiger partial charge on any atom is 0.191 e. The van der Waals surface area contributed by atoms with Gasteiger partial charge in [-0.2, -0.15) is 5.10 Å². The molecule has 3 rings (SSSR count). The third-order valence-electron chi connectivity index (χ3n) is 4.94. The first-order chi connectivity index (χ1) is 15.2. The molecule has 1 aromatic heterocycles. The Balaban J connectivity index is 0.00000363. The van der Waals surface area contributed by atoms with Gasteiger partial charge < -0.3 is 24.8 Å². The number of rotatable bonds is 11. The van der Waals surface area contributed by atoms with Gasteiger partial charge in [-0.05, 0) is 31.0 Å². The number of halogens is 1. The molecule has 2 N–H and O–H groups in total. The maximum atomic E-state index is 5.79. The van der Waals surface area contributed by atoms with Gasteiger partial charge in [-0.15, -0.1) is 24.0 Å². The van der Waals surface area contributed by atoms with E-state index in [1.54, 1.807) is 14.2 Å². The van der Waals surface area contributed by atoms with Crippen LogP contribution in [0.3, 0.4) is 0 Å². The number of aromatic nitrogens is 3. The summed E-state index contributed by atoms with van der Waals surface area (Å²) in [5, 5.41) is 11.4. The lowest BCUT2D eigenvalue weighted by atomic mass is 10.1. The van der Waals surface area contributed by atoms with Crippen LogP contribution in [-0.4, -0.2) is 60.7 Å². The molecule has 9 nitrogen and oxygen atoms in total. The molecule has 10 heteroatoms. The monoisotopic (exact) mass is 558 g/mol. The van der Waals surface area contributed by atoms with Gasteiger partial charge in [0.25, 0.3) is 0 Å². The van der Waals surface area contributed by atoms with E-state index in [0.29, 0.717) is 26.4 Å². The molecule has 1 aliphatic rings. The molecule has 0 saturated carbocycles. The van der Waals surface area contributed by atoms with Crippen LogP contribution in [0.5, 0.6) is 5.75 Å². The number of benzene rings is 1. The number of hydrogen-bond acceptors (Lipinski definition) is 6. The van der Waals surface area contributed by atoms with Gasteiger partial charge in [0.05, 0.1) is 19.7 Å². The van der Waals surface area contributed by atoms with Crippen molar-refractivity contribution in [3.8, 4) is 5.75 Å². The maximum absolute atomic E-state index is 5.79. The van der Waals surface area contributed by atoms with Crippen molar-refractivity contribution in [2.45, 2.75) is 51.9 Å². The summed E-state index contributed by atoms with van der Waals surface area (Å²) in [7, 11) is 3.36. The fourth-order valence-corrected chi connectivity index (χ4v) is 3.48. The van der Waals surface area contributed by atoms with Crippen molar-refractivity contribution in [2.75, 3.05) is 34.0 Å². The third-order valence-corrected chi connectivity index (χ3v) is 4.94. The Bertz CT molecular complexity index is 845. The summed E-state index contributed by atoms with van der Waals surface area (Å²) in [6.45, 7) is 5.99. The van der Waals surface area contributed by atoms with Crippen LogP contribution in [0.2, 0.25) is 0 Å². The number of nitrogens with zero attached hydrogens (tertiary/aromatic N) is 4. The summed E-state index contributed by atoms with van der Waals surface area (Å²) < 4.78 is 18.0. The minimum atomic E-state index is 0. The van der Waals surface area contributed by atoms with Crippen LogP contribution in [0.1, 0.15) is 37.0 Å². The molecule has 178 valence electrons. The molecule has 1 atom stereocenters. The lowest BCUT2D eigenvalue weighted by molar-refractivity contribution is 0.172. The van der Waals surface area contributed by atoms with Crippen LogP contribution in [0.15, 0.2) is 29.3 Å². The van der Waals surface area contributed by atoms with Crippen molar-refractivity contribution >= 4 is 29.9 Å². The number of guanidine groups is 1. The highest BCUT2D eigenvalue weighted by Crippen LogP contribution is 2.15. The molecule has 0 saturated heterocycles. The smallest absolute Gasteiger partial charge is 0.191 e. The zero-order chi connectivity index (χ0) is 21.9. The number of hydrogen-bond donors (Lipinski definition) is 2. The number of aliphatic imine (C=N–C) groups is 1. The molecule has 0 radical (unpaired) electrons. The summed E-state index contributed by atoms with van der Waals surface area (Å²) >= 11 is 0. The number of nitrogens with one attached hydrogen (secondary N) is 2. The Morgan fingerprint density at radius 1 is 1.25 bits per heavy atom. The fraction of sp³-hybridized carbons (Fsp3) is 0.591. The van der Waals surface area contributed by atoms with Gasteiger partial charge in [-0.25, -0.2) is 14.7 Å². The summed E-state index contributed by atoms with van der Waals surface area (Å²) in [4.78, 5) is 9.31. The van der Waals surface area contributed by atoms with Gasteiger partial charge in [0, 0.05) is 46.3 Å². The first-order valence-electron chi connectivity index (χ1n) is 10.9. The molecule has 0 fully saturated rings. The molecule has 0 amide bonds. The van der Waals surface area contributed by atoms with E-state index in [1.165, 1.54) is 0 Å². The first-order valence-corrected chi connectivity index (χ1v) is 10.9. The van der Waals surface area contributed by atoms with Crippen LogP contribution in [0.4, 0.5) is 0 Å². The van der Waals surface area contributed by atoms with Crippen molar-refractivity contribution in [1.82, 2.24) is 25.4 Å². The second kappa shape index (κ2) is 14.3. The molecule has 1 aliphatic heterocycles.